The van der Waals surface area contributed by atoms with Gasteiger partial charge in [0.2, 0.25) is 5.91 Å². The lowest BCUT2D eigenvalue weighted by atomic mass is 10.1. The lowest BCUT2D eigenvalue weighted by Gasteiger charge is -2.08. The van der Waals surface area contributed by atoms with Gasteiger partial charge < -0.3 is 20.1 Å². The molecule has 0 aliphatic carbocycles. The summed E-state index contributed by atoms with van der Waals surface area (Å²) in [5.74, 6) is 0.323. The Bertz CT molecular complexity index is 712. The molecule has 0 aliphatic heterocycles. The van der Waals surface area contributed by atoms with Crippen molar-refractivity contribution in [3.8, 4) is 5.75 Å². The summed E-state index contributed by atoms with van der Waals surface area (Å²) in [6.45, 7) is 3.00. The van der Waals surface area contributed by atoms with Crippen LogP contribution in [0.1, 0.15) is 22.8 Å². The summed E-state index contributed by atoms with van der Waals surface area (Å²) < 4.78 is 10.0. The first-order chi connectivity index (χ1) is 12.6. The third-order valence-corrected chi connectivity index (χ3v) is 3.71. The minimum absolute atomic E-state index is 0.136. The summed E-state index contributed by atoms with van der Waals surface area (Å²) in [4.78, 5) is 23.5. The fourth-order valence-electron chi connectivity index (χ4n) is 2.34. The molecule has 0 unspecified atom stereocenters. The zero-order chi connectivity index (χ0) is 18.8. The smallest absolute Gasteiger partial charge is 0.338 e. The van der Waals surface area contributed by atoms with Gasteiger partial charge in [-0.15, -0.1) is 0 Å². The van der Waals surface area contributed by atoms with E-state index in [2.05, 4.69) is 10.6 Å². The van der Waals surface area contributed by atoms with Gasteiger partial charge in [-0.2, -0.15) is 0 Å². The van der Waals surface area contributed by atoms with E-state index in [0.29, 0.717) is 24.4 Å². The van der Waals surface area contributed by atoms with Crippen LogP contribution in [0.4, 0.5) is 5.69 Å². The van der Waals surface area contributed by atoms with E-state index >= 15 is 0 Å². The lowest BCUT2D eigenvalue weighted by molar-refractivity contribution is -0.115. The molecule has 1 amide bonds. The Morgan fingerprint density at radius 1 is 1.00 bits per heavy atom. The van der Waals surface area contributed by atoms with Gasteiger partial charge in [-0.05, 0) is 61.9 Å². The van der Waals surface area contributed by atoms with Crippen molar-refractivity contribution in [2.75, 3.05) is 32.1 Å². The molecule has 2 aromatic rings. The molecular weight excluding hydrogens is 332 g/mol. The van der Waals surface area contributed by atoms with Gasteiger partial charge >= 0.3 is 5.97 Å². The highest BCUT2D eigenvalue weighted by Gasteiger charge is 2.07. The average molecular weight is 356 g/mol. The van der Waals surface area contributed by atoms with E-state index in [9.17, 15) is 9.59 Å². The highest BCUT2D eigenvalue weighted by molar-refractivity contribution is 5.93. The molecule has 0 saturated heterocycles. The van der Waals surface area contributed by atoms with Crippen LogP contribution < -0.4 is 15.4 Å². The minimum atomic E-state index is -0.370. The molecule has 6 heteroatoms. The second-order valence-electron chi connectivity index (χ2n) is 5.62. The summed E-state index contributed by atoms with van der Waals surface area (Å²) in [7, 11) is 1.64. The number of nitrogens with one attached hydrogen (secondary N) is 2. The average Bonchev–Trinajstić information content (AvgIpc) is 2.66. The molecular formula is C20H24N2O4. The quantitative estimate of drug-likeness (QED) is 0.534. The molecule has 0 bridgehead atoms. The maximum Gasteiger partial charge on any atom is 0.338 e. The van der Waals surface area contributed by atoms with E-state index in [1.165, 1.54) is 5.56 Å². The van der Waals surface area contributed by atoms with Gasteiger partial charge in [0.15, 0.2) is 0 Å². The normalized spacial score (nSPS) is 10.2. The van der Waals surface area contributed by atoms with Crippen LogP contribution in [-0.4, -0.2) is 38.7 Å². The van der Waals surface area contributed by atoms with Crippen molar-refractivity contribution in [2.45, 2.75) is 13.3 Å². The summed E-state index contributed by atoms with van der Waals surface area (Å²) >= 11 is 0. The standard InChI is InChI=1S/C20H24N2O4/c1-3-26-20(24)16-6-8-17(9-7-16)22-19(23)14-21-13-12-15-4-10-18(25-2)11-5-15/h4-11,21H,3,12-14H2,1-2H3,(H,22,23). The second-order valence-corrected chi connectivity index (χ2v) is 5.62. The Labute approximate surface area is 153 Å². The maximum absolute atomic E-state index is 11.9. The molecule has 26 heavy (non-hydrogen) atoms. The fraction of sp³-hybridized carbons (Fsp3) is 0.300. The summed E-state index contributed by atoms with van der Waals surface area (Å²) in [5.41, 5.74) is 2.27. The molecule has 2 N–H and O–H groups in total. The number of benzene rings is 2. The molecule has 0 saturated carbocycles. The van der Waals surface area contributed by atoms with Gasteiger partial charge in [0.25, 0.3) is 0 Å². The number of hydrogen-bond donors (Lipinski definition) is 2. The molecule has 0 aromatic heterocycles. The van der Waals surface area contributed by atoms with Crippen molar-refractivity contribution >= 4 is 17.6 Å². The number of esters is 1. The predicted molar refractivity (Wildman–Crippen MR) is 101 cm³/mol. The van der Waals surface area contributed by atoms with Crippen molar-refractivity contribution < 1.29 is 19.1 Å². The molecule has 2 aromatic carbocycles. The molecule has 138 valence electrons. The Kier molecular flexibility index (Phi) is 7.64. The monoisotopic (exact) mass is 356 g/mol. The maximum atomic E-state index is 11.9. The first-order valence-corrected chi connectivity index (χ1v) is 8.53. The van der Waals surface area contributed by atoms with Crippen LogP contribution in [0, 0.1) is 0 Å². The van der Waals surface area contributed by atoms with Gasteiger partial charge in [0, 0.05) is 5.69 Å². The van der Waals surface area contributed by atoms with Gasteiger partial charge in [-0.25, -0.2) is 4.79 Å². The Morgan fingerprint density at radius 2 is 1.69 bits per heavy atom. The topological polar surface area (TPSA) is 76.7 Å². The SMILES string of the molecule is CCOC(=O)c1ccc(NC(=O)CNCCc2ccc(OC)cc2)cc1. The predicted octanol–water partition coefficient (Wildman–Crippen LogP) is 2.64. The molecule has 0 spiro atoms. The van der Waals surface area contributed by atoms with E-state index in [0.717, 1.165) is 12.2 Å². The van der Waals surface area contributed by atoms with Crippen LogP contribution in [0.2, 0.25) is 0 Å². The number of ether oxygens (including phenoxy) is 2. The van der Waals surface area contributed by atoms with Crippen LogP contribution in [0.25, 0.3) is 0 Å². The van der Waals surface area contributed by atoms with E-state index < -0.39 is 0 Å². The van der Waals surface area contributed by atoms with Crippen molar-refractivity contribution in [2.24, 2.45) is 0 Å². The molecule has 0 fully saturated rings. The molecule has 6 nitrogen and oxygen atoms in total. The molecule has 2 rings (SSSR count). The number of amides is 1. The van der Waals surface area contributed by atoms with Crippen molar-refractivity contribution in [3.05, 3.63) is 59.7 Å². The number of rotatable bonds is 9. The zero-order valence-corrected chi connectivity index (χ0v) is 15.1. The van der Waals surface area contributed by atoms with Crippen LogP contribution in [0.3, 0.4) is 0 Å². The van der Waals surface area contributed by atoms with Crippen LogP contribution >= 0.6 is 0 Å². The first kappa shape index (κ1) is 19.5. The van der Waals surface area contributed by atoms with Gasteiger partial charge in [0.05, 0.1) is 25.8 Å². The number of methoxy groups -OCH3 is 1. The Balaban J connectivity index is 1.70. The van der Waals surface area contributed by atoms with Crippen molar-refractivity contribution in [1.29, 1.82) is 0 Å². The molecule has 0 radical (unpaired) electrons. The Hall–Kier alpha value is -2.86. The van der Waals surface area contributed by atoms with Gasteiger partial charge in [0.1, 0.15) is 5.75 Å². The summed E-state index contributed by atoms with van der Waals surface area (Å²) in [6.07, 6.45) is 0.825. The van der Waals surface area contributed by atoms with E-state index in [-0.39, 0.29) is 18.4 Å². The fourth-order valence-corrected chi connectivity index (χ4v) is 2.34. The van der Waals surface area contributed by atoms with E-state index in [1.54, 1.807) is 38.3 Å². The highest BCUT2D eigenvalue weighted by atomic mass is 16.5. The summed E-state index contributed by atoms with van der Waals surface area (Å²) in [6, 6.07) is 14.5. The second kappa shape index (κ2) is 10.2. The van der Waals surface area contributed by atoms with Crippen LogP contribution in [0.15, 0.2) is 48.5 Å². The van der Waals surface area contributed by atoms with Gasteiger partial charge in [-0.3, -0.25) is 4.79 Å². The number of anilines is 1. The highest BCUT2D eigenvalue weighted by Crippen LogP contribution is 2.12. The van der Waals surface area contributed by atoms with Gasteiger partial charge in [-0.1, -0.05) is 12.1 Å². The number of carbonyl (C=O) groups is 2. The largest absolute Gasteiger partial charge is 0.497 e. The minimum Gasteiger partial charge on any atom is -0.497 e. The Morgan fingerprint density at radius 3 is 2.31 bits per heavy atom. The van der Waals surface area contributed by atoms with Crippen LogP contribution in [-0.2, 0) is 16.0 Å². The van der Waals surface area contributed by atoms with E-state index in [1.807, 2.05) is 24.3 Å². The third-order valence-electron chi connectivity index (χ3n) is 3.71. The lowest BCUT2D eigenvalue weighted by Crippen LogP contribution is -2.29. The molecule has 0 atom stereocenters. The molecule has 0 heterocycles. The summed E-state index contributed by atoms with van der Waals surface area (Å²) in [5, 5.41) is 5.90. The van der Waals surface area contributed by atoms with Crippen LogP contribution in [0.5, 0.6) is 5.75 Å². The third kappa shape index (κ3) is 6.22. The number of carbonyl (C=O) groups excluding carboxylic acids is 2. The molecule has 0 aliphatic rings. The number of hydrogen-bond acceptors (Lipinski definition) is 5. The zero-order valence-electron chi connectivity index (χ0n) is 15.1. The first-order valence-electron chi connectivity index (χ1n) is 8.53. The van der Waals surface area contributed by atoms with Crippen molar-refractivity contribution in [1.82, 2.24) is 5.32 Å². The van der Waals surface area contributed by atoms with E-state index in [4.69, 9.17) is 9.47 Å². The van der Waals surface area contributed by atoms with Crippen molar-refractivity contribution in [3.63, 3.8) is 0 Å².